The van der Waals surface area contributed by atoms with Crippen molar-refractivity contribution >= 4 is 0 Å². The third-order valence-electron chi connectivity index (χ3n) is 0. The molecule has 0 atom stereocenters. The van der Waals surface area contributed by atoms with E-state index in [4.69, 9.17) is 0 Å². The molecule has 0 aliphatic rings. The number of hydrogen-bond donors (Lipinski definition) is 0. The largest absolute Gasteiger partial charge is 0.693 e. The van der Waals surface area contributed by atoms with E-state index in [9.17, 15) is 0 Å². The second kappa shape index (κ2) is 69.1. The Morgan fingerprint density at radius 1 is 0.750 bits per heavy atom. The van der Waals surface area contributed by atoms with Gasteiger partial charge < -0.3 is 12.3 Å². The fourth-order valence-corrected chi connectivity index (χ4v) is 0. The van der Waals surface area contributed by atoms with Crippen molar-refractivity contribution in [3.8, 4) is 0 Å². The van der Waals surface area contributed by atoms with Crippen molar-refractivity contribution in [2.75, 3.05) is 0 Å². The average Bonchev–Trinajstić information content (AvgIpc) is 0. The number of hydrogen-bond acceptors (Lipinski definition) is 0. The van der Waals surface area contributed by atoms with Crippen LogP contribution in [-0.2, 0) is 22.4 Å². The maximum Gasteiger partial charge on any atom is 0 e. The second-order valence-electron chi connectivity index (χ2n) is 0. The van der Waals surface area contributed by atoms with Crippen molar-refractivity contribution in [1.29, 1.82) is 0 Å². The Balaban J connectivity index is 0. The van der Waals surface area contributed by atoms with E-state index in [1.165, 1.54) is 0 Å². The van der Waals surface area contributed by atoms with Crippen LogP contribution in [0, 0.1) is 0 Å². The van der Waals surface area contributed by atoms with Crippen molar-refractivity contribution in [1.82, 2.24) is 0 Å². The van der Waals surface area contributed by atoms with Crippen LogP contribution >= 0.6 is 0 Å². The van der Waals surface area contributed by atoms with Crippen molar-refractivity contribution in [3.63, 3.8) is 0 Å². The molecule has 0 bridgehead atoms. The topological polar surface area (TPSA) is 67.0 Å². The average molecular weight is 160 g/mol. The van der Waals surface area contributed by atoms with Crippen LogP contribution in [0.5, 0.6) is 0 Å². The molecular formula is H5AgFN2-2. The van der Waals surface area contributed by atoms with Gasteiger partial charge in [0, 0.05) is 22.4 Å². The SMILES string of the molecule is F.[Ag].[NH2-].[NH2-]. The summed E-state index contributed by atoms with van der Waals surface area (Å²) >= 11 is 0. The number of halogens is 1. The van der Waals surface area contributed by atoms with Gasteiger partial charge in [-0.3, -0.25) is 4.70 Å². The molecule has 0 fully saturated rings. The van der Waals surface area contributed by atoms with Crippen molar-refractivity contribution in [2.45, 2.75) is 0 Å². The maximum absolute atomic E-state index is 0. The van der Waals surface area contributed by atoms with E-state index in [0.29, 0.717) is 0 Å². The molecule has 1 radical (unpaired) electrons. The van der Waals surface area contributed by atoms with Gasteiger partial charge in [-0.05, 0) is 0 Å². The smallest absolute Gasteiger partial charge is 0 e. The van der Waals surface area contributed by atoms with Crippen LogP contribution in [0.15, 0.2) is 0 Å². The normalized spacial score (nSPS) is 0. The van der Waals surface area contributed by atoms with Gasteiger partial charge in [-0.1, -0.05) is 0 Å². The molecule has 4 heteroatoms. The molecule has 0 amide bonds. The zero-order valence-corrected chi connectivity index (χ0v) is 3.35. The monoisotopic (exact) mass is 159 g/mol. The summed E-state index contributed by atoms with van der Waals surface area (Å²) < 4.78 is 0. The van der Waals surface area contributed by atoms with Gasteiger partial charge in [-0.15, -0.1) is 0 Å². The molecule has 0 heterocycles. The van der Waals surface area contributed by atoms with E-state index in [-0.39, 0.29) is 39.4 Å². The summed E-state index contributed by atoms with van der Waals surface area (Å²) in [5, 5.41) is 0. The van der Waals surface area contributed by atoms with Gasteiger partial charge >= 0.3 is 0 Å². The minimum Gasteiger partial charge on any atom is -0.693 e. The molecule has 0 aromatic rings. The summed E-state index contributed by atoms with van der Waals surface area (Å²) in [4.78, 5) is 0. The zero-order chi connectivity index (χ0) is 0. The first-order valence-electron chi connectivity index (χ1n) is 0. The summed E-state index contributed by atoms with van der Waals surface area (Å²) in [5.41, 5.74) is 0. The first-order valence-corrected chi connectivity index (χ1v) is 0. The minimum absolute atomic E-state index is 0. The molecule has 2 nitrogen and oxygen atoms in total. The van der Waals surface area contributed by atoms with Crippen LogP contribution < -0.4 is 0 Å². The van der Waals surface area contributed by atoms with E-state index < -0.39 is 0 Å². The summed E-state index contributed by atoms with van der Waals surface area (Å²) in [6, 6.07) is 0. The quantitative estimate of drug-likeness (QED) is 0.482. The van der Waals surface area contributed by atoms with Gasteiger partial charge in [0.1, 0.15) is 0 Å². The van der Waals surface area contributed by atoms with Crippen LogP contribution in [0.25, 0.3) is 12.3 Å². The summed E-state index contributed by atoms with van der Waals surface area (Å²) in [7, 11) is 0. The van der Waals surface area contributed by atoms with Gasteiger partial charge in [-0.25, -0.2) is 0 Å². The Hall–Kier alpha value is 0.590. The molecule has 4 heavy (non-hydrogen) atoms. The number of rotatable bonds is 0. The first kappa shape index (κ1) is 170. The van der Waals surface area contributed by atoms with Crippen LogP contribution in [0.1, 0.15) is 0 Å². The van der Waals surface area contributed by atoms with Crippen molar-refractivity contribution < 1.29 is 27.1 Å². The molecule has 0 aromatic carbocycles. The van der Waals surface area contributed by atoms with E-state index in [1.807, 2.05) is 0 Å². The van der Waals surface area contributed by atoms with Gasteiger partial charge in [0.2, 0.25) is 0 Å². The van der Waals surface area contributed by atoms with Crippen LogP contribution in [0.2, 0.25) is 0 Å². The fraction of sp³-hybridized carbons (Fsp3) is 0. The fourth-order valence-electron chi connectivity index (χ4n) is 0. The predicted molar refractivity (Wildman–Crippen MR) is 13.1 cm³/mol. The Kier molecular flexibility index (Phi) is 2940. The van der Waals surface area contributed by atoms with E-state index >= 15 is 0 Å². The minimum atomic E-state index is 0. The molecule has 0 unspecified atom stereocenters. The first-order chi connectivity index (χ1) is 0. The molecule has 0 rings (SSSR count). The van der Waals surface area contributed by atoms with Gasteiger partial charge in [0.05, 0.1) is 0 Å². The Bertz CT molecular complexity index is 6.00. The molecular weight excluding hydrogens is 155 g/mol. The molecule has 4 N–H and O–H groups in total. The summed E-state index contributed by atoms with van der Waals surface area (Å²) in [6.45, 7) is 0. The Labute approximate surface area is 40.0 Å². The van der Waals surface area contributed by atoms with E-state index in [1.54, 1.807) is 0 Å². The van der Waals surface area contributed by atoms with Crippen LogP contribution in [0.3, 0.4) is 0 Å². The van der Waals surface area contributed by atoms with Crippen LogP contribution in [-0.4, -0.2) is 0 Å². The van der Waals surface area contributed by atoms with Gasteiger partial charge in [0.15, 0.2) is 0 Å². The third-order valence-corrected chi connectivity index (χ3v) is 0. The summed E-state index contributed by atoms with van der Waals surface area (Å²) in [5.74, 6) is 0. The predicted octanol–water partition coefficient (Wildman–Crippen LogP) is 1.58. The summed E-state index contributed by atoms with van der Waals surface area (Å²) in [6.07, 6.45) is 0. The molecule has 0 aliphatic carbocycles. The van der Waals surface area contributed by atoms with Gasteiger partial charge in [0.25, 0.3) is 0 Å². The maximum atomic E-state index is 0. The van der Waals surface area contributed by atoms with Crippen molar-refractivity contribution in [3.05, 3.63) is 12.3 Å². The van der Waals surface area contributed by atoms with Crippen molar-refractivity contribution in [2.24, 2.45) is 0 Å². The third kappa shape index (κ3) is 18.8. The molecule has 35 valence electrons. The van der Waals surface area contributed by atoms with E-state index in [2.05, 4.69) is 0 Å². The molecule has 0 saturated carbocycles. The molecule has 0 spiro atoms. The standard InChI is InChI=1S/Ag.FH.2H2N/h;1H;2*1H2/q;;2*-1. The van der Waals surface area contributed by atoms with Gasteiger partial charge in [-0.2, -0.15) is 0 Å². The van der Waals surface area contributed by atoms with E-state index in [0.717, 1.165) is 0 Å². The number of nitrogens with two attached hydrogens (primary N) is 2. The second-order valence-corrected chi connectivity index (χ2v) is 0. The molecule has 0 aromatic heterocycles. The van der Waals surface area contributed by atoms with Crippen LogP contribution in [0.4, 0.5) is 4.70 Å². The molecule has 0 aliphatic heterocycles. The Morgan fingerprint density at radius 3 is 0.750 bits per heavy atom. The zero-order valence-electron chi connectivity index (χ0n) is 1.86. The molecule has 0 saturated heterocycles. The Morgan fingerprint density at radius 2 is 0.750 bits per heavy atom.